The van der Waals surface area contributed by atoms with E-state index in [1.54, 1.807) is 24.3 Å². The molecule has 4 nitrogen and oxygen atoms in total. The van der Waals surface area contributed by atoms with Crippen LogP contribution in [0.2, 0.25) is 0 Å². The van der Waals surface area contributed by atoms with Crippen LogP contribution >= 0.6 is 0 Å². The molecule has 1 aliphatic heterocycles. The lowest BCUT2D eigenvalue weighted by Crippen LogP contribution is -2.49. The van der Waals surface area contributed by atoms with Gasteiger partial charge in [0.1, 0.15) is 17.5 Å². The summed E-state index contributed by atoms with van der Waals surface area (Å²) in [4.78, 5) is 11.2. The van der Waals surface area contributed by atoms with Crippen molar-refractivity contribution in [3.8, 4) is 11.5 Å². The molecule has 1 amide bonds. The predicted molar refractivity (Wildman–Crippen MR) is 75.1 cm³/mol. The van der Waals surface area contributed by atoms with E-state index >= 15 is 0 Å². The normalized spacial score (nSPS) is 19.9. The van der Waals surface area contributed by atoms with Gasteiger partial charge in [0.25, 0.3) is 0 Å². The average molecular weight is 305 g/mol. The Labute approximate surface area is 125 Å². The molecule has 0 radical (unpaired) electrons. The first-order valence-corrected chi connectivity index (χ1v) is 6.68. The second-order valence-electron chi connectivity index (χ2n) is 4.90. The summed E-state index contributed by atoms with van der Waals surface area (Å²) < 4.78 is 37.5. The molecule has 22 heavy (non-hydrogen) atoms. The zero-order valence-electron chi connectivity index (χ0n) is 11.5. The highest BCUT2D eigenvalue weighted by Crippen LogP contribution is 2.35. The molecule has 0 saturated carbocycles. The number of hydrogen-bond donors (Lipinski definition) is 1. The highest BCUT2D eigenvalue weighted by Gasteiger charge is 2.46. The third-order valence-corrected chi connectivity index (χ3v) is 3.27. The van der Waals surface area contributed by atoms with Crippen molar-refractivity contribution in [2.24, 2.45) is 0 Å². The van der Waals surface area contributed by atoms with Crippen molar-refractivity contribution in [2.75, 3.05) is 6.61 Å². The number of halogens is 2. The Bertz CT molecular complexity index is 659. The van der Waals surface area contributed by atoms with Crippen molar-refractivity contribution >= 4 is 6.09 Å². The molecule has 2 aromatic rings. The summed E-state index contributed by atoms with van der Waals surface area (Å²) in [5.41, 5.74) is 0.294. The van der Waals surface area contributed by atoms with Gasteiger partial charge in [0.05, 0.1) is 0 Å². The molecule has 1 saturated heterocycles. The first kappa shape index (κ1) is 14.3. The molecular formula is C16H13F2NO3. The number of para-hydroxylation sites is 1. The second-order valence-corrected chi connectivity index (χ2v) is 4.90. The van der Waals surface area contributed by atoms with Gasteiger partial charge in [-0.1, -0.05) is 30.3 Å². The van der Waals surface area contributed by atoms with Crippen LogP contribution in [0.15, 0.2) is 54.6 Å². The van der Waals surface area contributed by atoms with Crippen LogP contribution in [0.5, 0.6) is 11.5 Å². The number of nitrogens with one attached hydrogen (secondary N) is 1. The summed E-state index contributed by atoms with van der Waals surface area (Å²) in [6.07, 6.45) is -0.847. The Hall–Kier alpha value is -2.63. The quantitative estimate of drug-likeness (QED) is 0.935. The summed E-state index contributed by atoms with van der Waals surface area (Å²) in [5, 5.41) is 2.14. The zero-order chi connectivity index (χ0) is 15.6. The number of hydrogen-bond acceptors (Lipinski definition) is 3. The van der Waals surface area contributed by atoms with Crippen LogP contribution in [0.3, 0.4) is 0 Å². The van der Waals surface area contributed by atoms with Crippen molar-refractivity contribution in [2.45, 2.75) is 12.0 Å². The number of carbonyl (C=O) groups excluding carboxylic acids is 1. The van der Waals surface area contributed by atoms with Crippen LogP contribution in [0.25, 0.3) is 0 Å². The van der Waals surface area contributed by atoms with E-state index in [9.17, 15) is 13.6 Å². The first-order valence-electron chi connectivity index (χ1n) is 6.68. The summed E-state index contributed by atoms with van der Waals surface area (Å²) in [5.74, 6) is -1.98. The maximum absolute atomic E-state index is 13.8. The lowest BCUT2D eigenvalue weighted by atomic mass is 10.00. The predicted octanol–water partition coefficient (Wildman–Crippen LogP) is 3.90. The largest absolute Gasteiger partial charge is 0.457 e. The number of alkyl carbamates (subject to hydrolysis) is 1. The monoisotopic (exact) mass is 305 g/mol. The van der Waals surface area contributed by atoms with Gasteiger partial charge in [0, 0.05) is 0 Å². The van der Waals surface area contributed by atoms with Gasteiger partial charge in [-0.3, -0.25) is 0 Å². The number of amides is 1. The Kier molecular flexibility index (Phi) is 3.66. The average Bonchev–Trinajstić information content (AvgIpc) is 2.52. The highest BCUT2D eigenvalue weighted by molar-refractivity contribution is 5.69. The van der Waals surface area contributed by atoms with Crippen molar-refractivity contribution in [3.63, 3.8) is 0 Å². The van der Waals surface area contributed by atoms with Crippen LogP contribution in [0, 0.1) is 0 Å². The van der Waals surface area contributed by atoms with Crippen molar-refractivity contribution in [1.29, 1.82) is 0 Å². The van der Waals surface area contributed by atoms with E-state index in [0.29, 0.717) is 17.1 Å². The van der Waals surface area contributed by atoms with Gasteiger partial charge in [-0.05, 0) is 29.8 Å². The minimum absolute atomic E-state index is 0.294. The SMILES string of the molecule is O=C1N[C@H](c2ccc(Oc3ccccc3)cc2)C(F)(F)CO1. The molecule has 0 unspecified atom stereocenters. The highest BCUT2D eigenvalue weighted by atomic mass is 19.3. The second kappa shape index (κ2) is 5.63. The topological polar surface area (TPSA) is 47.6 Å². The number of rotatable bonds is 3. The molecule has 0 bridgehead atoms. The molecule has 114 valence electrons. The van der Waals surface area contributed by atoms with E-state index in [-0.39, 0.29) is 0 Å². The molecule has 1 fully saturated rings. The fourth-order valence-electron chi connectivity index (χ4n) is 2.19. The molecule has 6 heteroatoms. The third kappa shape index (κ3) is 3.00. The Morgan fingerprint density at radius 2 is 1.68 bits per heavy atom. The van der Waals surface area contributed by atoms with E-state index < -0.39 is 24.7 Å². The molecule has 1 atom stereocenters. The first-order chi connectivity index (χ1) is 10.5. The van der Waals surface area contributed by atoms with E-state index in [1.165, 1.54) is 12.1 Å². The van der Waals surface area contributed by atoms with E-state index in [1.807, 2.05) is 18.2 Å². The molecule has 1 N–H and O–H groups in total. The summed E-state index contributed by atoms with van der Waals surface area (Å²) >= 11 is 0. The smallest absolute Gasteiger partial charge is 0.408 e. The maximum Gasteiger partial charge on any atom is 0.408 e. The van der Waals surface area contributed by atoms with Crippen molar-refractivity contribution in [3.05, 3.63) is 60.2 Å². The number of cyclic esters (lactones) is 1. The van der Waals surface area contributed by atoms with Crippen molar-refractivity contribution < 1.29 is 23.0 Å². The molecular weight excluding hydrogens is 292 g/mol. The van der Waals surface area contributed by atoms with Crippen LogP contribution in [0.1, 0.15) is 11.6 Å². The summed E-state index contributed by atoms with van der Waals surface area (Å²) in [6.45, 7) is -0.925. The van der Waals surface area contributed by atoms with Gasteiger partial charge < -0.3 is 14.8 Å². The number of ether oxygens (including phenoxy) is 2. The molecule has 3 rings (SSSR count). The van der Waals surface area contributed by atoms with Gasteiger partial charge in [0.15, 0.2) is 6.61 Å². The lowest BCUT2D eigenvalue weighted by Gasteiger charge is -2.31. The van der Waals surface area contributed by atoms with Gasteiger partial charge in [-0.15, -0.1) is 0 Å². The molecule has 2 aromatic carbocycles. The Balaban J connectivity index is 1.77. The van der Waals surface area contributed by atoms with E-state index in [4.69, 9.17) is 4.74 Å². The van der Waals surface area contributed by atoms with Gasteiger partial charge in [-0.25, -0.2) is 13.6 Å². The molecule has 0 spiro atoms. The standard InChI is InChI=1S/C16H13F2NO3/c17-16(18)10-21-15(20)19-14(16)11-6-8-13(9-7-11)22-12-4-2-1-3-5-12/h1-9,14H,10H2,(H,19,20)/t14-/m1/s1. The van der Waals surface area contributed by atoms with Crippen LogP contribution < -0.4 is 10.1 Å². The van der Waals surface area contributed by atoms with Gasteiger partial charge >= 0.3 is 12.0 Å². The fourth-order valence-corrected chi connectivity index (χ4v) is 2.19. The van der Waals surface area contributed by atoms with Gasteiger partial charge in [0.2, 0.25) is 0 Å². The summed E-state index contributed by atoms with van der Waals surface area (Å²) in [7, 11) is 0. The molecule has 0 aliphatic carbocycles. The van der Waals surface area contributed by atoms with E-state index in [0.717, 1.165) is 0 Å². The Morgan fingerprint density at radius 3 is 2.36 bits per heavy atom. The van der Waals surface area contributed by atoms with Gasteiger partial charge in [-0.2, -0.15) is 0 Å². The number of alkyl halides is 2. The third-order valence-electron chi connectivity index (χ3n) is 3.27. The van der Waals surface area contributed by atoms with Crippen LogP contribution in [-0.4, -0.2) is 18.6 Å². The number of benzene rings is 2. The maximum atomic E-state index is 13.8. The zero-order valence-corrected chi connectivity index (χ0v) is 11.5. The molecule has 0 aromatic heterocycles. The molecule has 1 aliphatic rings. The lowest BCUT2D eigenvalue weighted by molar-refractivity contribution is -0.104. The Morgan fingerprint density at radius 1 is 1.05 bits per heavy atom. The minimum atomic E-state index is -3.16. The number of carbonyl (C=O) groups is 1. The fraction of sp³-hybridized carbons (Fsp3) is 0.188. The molecule has 1 heterocycles. The van der Waals surface area contributed by atoms with E-state index in [2.05, 4.69) is 10.1 Å². The summed E-state index contributed by atoms with van der Waals surface area (Å²) in [6, 6.07) is 13.9. The van der Waals surface area contributed by atoms with Crippen LogP contribution in [-0.2, 0) is 4.74 Å². The van der Waals surface area contributed by atoms with Crippen molar-refractivity contribution in [1.82, 2.24) is 5.32 Å². The van der Waals surface area contributed by atoms with Crippen LogP contribution in [0.4, 0.5) is 13.6 Å². The minimum Gasteiger partial charge on any atom is -0.457 e.